The van der Waals surface area contributed by atoms with E-state index in [4.69, 9.17) is 0 Å². The highest BCUT2D eigenvalue weighted by Crippen LogP contribution is 2.39. The zero-order chi connectivity index (χ0) is 15.0. The van der Waals surface area contributed by atoms with E-state index in [0.717, 1.165) is 6.07 Å². The molecule has 1 aliphatic heterocycles. The van der Waals surface area contributed by atoms with Crippen LogP contribution in [0.5, 0.6) is 0 Å². The Morgan fingerprint density at radius 1 is 1.19 bits per heavy atom. The highest BCUT2D eigenvalue weighted by Gasteiger charge is 2.47. The Morgan fingerprint density at radius 2 is 1.90 bits per heavy atom. The van der Waals surface area contributed by atoms with Crippen molar-refractivity contribution in [1.82, 2.24) is 0 Å². The minimum absolute atomic E-state index is 0.0942. The largest absolute Gasteiger partial charge is 0.375 e. The maximum Gasteiger partial charge on any atom is 0.261 e. The van der Waals surface area contributed by atoms with Gasteiger partial charge < -0.3 is 10.4 Å². The number of ketones is 1. The quantitative estimate of drug-likeness (QED) is 0.850. The maximum absolute atomic E-state index is 13.4. The number of Topliss-reactive ketones (excluding diaryl/α,β-unsaturated/α-hetero) is 1. The summed E-state index contributed by atoms with van der Waals surface area (Å²) in [6.45, 7) is 0. The maximum atomic E-state index is 13.4. The van der Waals surface area contributed by atoms with E-state index >= 15 is 0 Å². The number of carbonyl (C=O) groups is 2. The van der Waals surface area contributed by atoms with Gasteiger partial charge in [0, 0.05) is 16.8 Å². The van der Waals surface area contributed by atoms with Gasteiger partial charge >= 0.3 is 0 Å². The molecular formula is C16H12FNO3. The highest BCUT2D eigenvalue weighted by atomic mass is 19.1. The van der Waals surface area contributed by atoms with Crippen LogP contribution in [0, 0.1) is 5.82 Å². The summed E-state index contributed by atoms with van der Waals surface area (Å²) < 4.78 is 13.4. The zero-order valence-corrected chi connectivity index (χ0v) is 11.0. The van der Waals surface area contributed by atoms with Crippen LogP contribution in [0.3, 0.4) is 0 Å². The van der Waals surface area contributed by atoms with Crippen LogP contribution in [-0.2, 0) is 10.4 Å². The average molecular weight is 285 g/mol. The van der Waals surface area contributed by atoms with Crippen molar-refractivity contribution >= 4 is 17.4 Å². The third kappa shape index (κ3) is 2.21. The Bertz CT molecular complexity index is 730. The molecule has 0 fully saturated rings. The summed E-state index contributed by atoms with van der Waals surface area (Å²) in [6.07, 6.45) is -0.431. The molecule has 1 unspecified atom stereocenters. The fourth-order valence-electron chi connectivity index (χ4n) is 2.45. The van der Waals surface area contributed by atoms with Crippen molar-refractivity contribution in [1.29, 1.82) is 0 Å². The van der Waals surface area contributed by atoms with Crippen molar-refractivity contribution in [2.75, 3.05) is 5.32 Å². The topological polar surface area (TPSA) is 66.4 Å². The molecule has 2 N–H and O–H groups in total. The van der Waals surface area contributed by atoms with E-state index in [1.807, 2.05) is 0 Å². The number of anilines is 1. The number of nitrogens with one attached hydrogen (secondary N) is 1. The van der Waals surface area contributed by atoms with Crippen LogP contribution in [0.1, 0.15) is 22.3 Å². The number of rotatable bonds is 3. The van der Waals surface area contributed by atoms with Gasteiger partial charge in [0.2, 0.25) is 0 Å². The van der Waals surface area contributed by atoms with Crippen molar-refractivity contribution in [2.45, 2.75) is 12.0 Å². The minimum Gasteiger partial charge on any atom is -0.375 e. The number of hydrogen-bond acceptors (Lipinski definition) is 3. The van der Waals surface area contributed by atoms with Crippen molar-refractivity contribution in [3.05, 3.63) is 65.5 Å². The number of hydrogen-bond donors (Lipinski definition) is 2. The second-order valence-electron chi connectivity index (χ2n) is 4.97. The molecule has 1 aliphatic rings. The van der Waals surface area contributed by atoms with Crippen LogP contribution < -0.4 is 5.32 Å². The van der Waals surface area contributed by atoms with E-state index in [2.05, 4.69) is 5.32 Å². The Labute approximate surface area is 120 Å². The van der Waals surface area contributed by atoms with Gasteiger partial charge in [0.15, 0.2) is 11.4 Å². The molecule has 106 valence electrons. The van der Waals surface area contributed by atoms with E-state index in [-0.39, 0.29) is 11.3 Å². The predicted molar refractivity (Wildman–Crippen MR) is 74.3 cm³/mol. The van der Waals surface area contributed by atoms with Gasteiger partial charge in [0.05, 0.1) is 6.42 Å². The van der Waals surface area contributed by atoms with Crippen molar-refractivity contribution < 1.29 is 19.1 Å². The second-order valence-corrected chi connectivity index (χ2v) is 4.97. The van der Waals surface area contributed by atoms with Gasteiger partial charge in [-0.05, 0) is 18.2 Å². The van der Waals surface area contributed by atoms with Crippen LogP contribution in [0.15, 0.2) is 48.5 Å². The van der Waals surface area contributed by atoms with E-state index in [9.17, 15) is 19.1 Å². The van der Waals surface area contributed by atoms with Crippen LogP contribution in [-0.4, -0.2) is 16.8 Å². The van der Waals surface area contributed by atoms with Gasteiger partial charge in [-0.2, -0.15) is 0 Å². The third-order valence-corrected chi connectivity index (χ3v) is 3.56. The first-order valence-electron chi connectivity index (χ1n) is 6.43. The number of halogens is 1. The minimum atomic E-state index is -2.04. The first-order chi connectivity index (χ1) is 10.0. The number of fused-ring (bicyclic) bond motifs is 1. The number of carbonyl (C=O) groups excluding carboxylic acids is 2. The molecule has 0 aromatic heterocycles. The summed E-state index contributed by atoms with van der Waals surface area (Å²) in [4.78, 5) is 24.2. The lowest BCUT2D eigenvalue weighted by Gasteiger charge is -2.20. The molecule has 5 heteroatoms. The van der Waals surface area contributed by atoms with Crippen molar-refractivity contribution in [2.24, 2.45) is 0 Å². The summed E-state index contributed by atoms with van der Waals surface area (Å²) in [7, 11) is 0. The van der Waals surface area contributed by atoms with Gasteiger partial charge in [-0.15, -0.1) is 0 Å². The van der Waals surface area contributed by atoms with Crippen molar-refractivity contribution in [3.8, 4) is 0 Å². The van der Waals surface area contributed by atoms with E-state index in [1.165, 1.54) is 12.1 Å². The lowest BCUT2D eigenvalue weighted by Crippen LogP contribution is -2.36. The molecule has 1 amide bonds. The molecule has 0 saturated heterocycles. The second kappa shape index (κ2) is 4.79. The lowest BCUT2D eigenvalue weighted by atomic mass is 9.88. The molecular weight excluding hydrogens is 273 g/mol. The molecule has 3 rings (SSSR count). The number of aliphatic hydroxyl groups is 1. The Kier molecular flexibility index (Phi) is 3.07. The van der Waals surface area contributed by atoms with E-state index in [1.54, 1.807) is 30.3 Å². The predicted octanol–water partition coefficient (Wildman–Crippen LogP) is 2.24. The monoisotopic (exact) mass is 285 g/mol. The summed E-state index contributed by atoms with van der Waals surface area (Å²) >= 11 is 0. The van der Waals surface area contributed by atoms with Gasteiger partial charge in [0.25, 0.3) is 5.91 Å². The van der Waals surface area contributed by atoms with Crippen LogP contribution in [0.25, 0.3) is 0 Å². The van der Waals surface area contributed by atoms with E-state index < -0.39 is 23.7 Å². The van der Waals surface area contributed by atoms with Crippen LogP contribution in [0.2, 0.25) is 0 Å². The molecule has 0 bridgehead atoms. The fourth-order valence-corrected chi connectivity index (χ4v) is 2.45. The molecule has 2 aromatic carbocycles. The van der Waals surface area contributed by atoms with Crippen LogP contribution >= 0.6 is 0 Å². The van der Waals surface area contributed by atoms with E-state index in [0.29, 0.717) is 11.3 Å². The van der Waals surface area contributed by atoms with Crippen LogP contribution in [0.4, 0.5) is 10.1 Å². The molecule has 2 aromatic rings. The normalized spacial score (nSPS) is 20.0. The zero-order valence-electron chi connectivity index (χ0n) is 11.0. The molecule has 0 radical (unpaired) electrons. The Morgan fingerprint density at radius 3 is 2.62 bits per heavy atom. The molecule has 0 aliphatic carbocycles. The fraction of sp³-hybridized carbons (Fsp3) is 0.125. The summed E-state index contributed by atoms with van der Waals surface area (Å²) in [6, 6.07) is 12.0. The third-order valence-electron chi connectivity index (χ3n) is 3.56. The molecule has 4 nitrogen and oxygen atoms in total. The molecule has 0 spiro atoms. The van der Waals surface area contributed by atoms with Gasteiger partial charge in [-0.3, -0.25) is 9.59 Å². The first-order valence-corrected chi connectivity index (χ1v) is 6.43. The Balaban J connectivity index is 1.97. The Hall–Kier alpha value is -2.53. The molecule has 21 heavy (non-hydrogen) atoms. The first kappa shape index (κ1) is 13.5. The van der Waals surface area contributed by atoms with Gasteiger partial charge in [-0.1, -0.05) is 30.3 Å². The number of benzene rings is 2. The van der Waals surface area contributed by atoms with Crippen molar-refractivity contribution in [3.63, 3.8) is 0 Å². The molecule has 0 saturated carbocycles. The molecule has 1 atom stereocenters. The van der Waals surface area contributed by atoms with Gasteiger partial charge in [-0.25, -0.2) is 4.39 Å². The summed E-state index contributed by atoms with van der Waals surface area (Å²) in [5.41, 5.74) is -1.23. The number of amides is 1. The smallest absolute Gasteiger partial charge is 0.261 e. The summed E-state index contributed by atoms with van der Waals surface area (Å²) in [5, 5.41) is 13.0. The average Bonchev–Trinajstić information content (AvgIpc) is 2.72. The lowest BCUT2D eigenvalue weighted by molar-refractivity contribution is -0.133. The molecule has 1 heterocycles. The standard InChI is InChI=1S/C16H12FNO3/c17-11-6-7-13-12(8-11)16(21,15(20)18-13)9-14(19)10-4-2-1-3-5-10/h1-8,21H,9H2,(H,18,20). The summed E-state index contributed by atoms with van der Waals surface area (Å²) in [5.74, 6) is -1.67. The SMILES string of the molecule is O=C(CC1(O)C(=O)Nc2ccc(F)cc21)c1ccccc1. The highest BCUT2D eigenvalue weighted by molar-refractivity contribution is 6.09. The van der Waals surface area contributed by atoms with Gasteiger partial charge in [0.1, 0.15) is 5.82 Å².